The Labute approximate surface area is 204 Å². The minimum Gasteiger partial charge on any atom is -0.444 e. The van der Waals surface area contributed by atoms with Crippen molar-refractivity contribution in [2.45, 2.75) is 18.9 Å². The molecule has 1 aromatic carbocycles. The lowest BCUT2D eigenvalue weighted by Crippen LogP contribution is -2.49. The molecular weight excluding hydrogens is 511 g/mol. The largest absolute Gasteiger partial charge is 0.444 e. The molecule has 4 rings (SSSR count). The van der Waals surface area contributed by atoms with E-state index in [0.717, 1.165) is 0 Å². The van der Waals surface area contributed by atoms with Crippen LogP contribution in [0.1, 0.15) is 12.8 Å². The number of anilines is 2. The Balaban J connectivity index is 1.41. The van der Waals surface area contributed by atoms with Crippen molar-refractivity contribution in [2.75, 3.05) is 47.9 Å². The Morgan fingerprint density at radius 1 is 1.18 bits per heavy atom. The fraction of sp³-hybridized carbons (Fsp3) is 0.409. The number of aromatic nitrogens is 2. The highest BCUT2D eigenvalue weighted by Gasteiger charge is 2.32. The highest BCUT2D eigenvalue weighted by atomic mass is 79.9. The number of carbonyl (C=O) groups is 3. The monoisotopic (exact) mass is 534 g/mol. The zero-order valence-electron chi connectivity index (χ0n) is 18.3. The molecule has 0 bridgehead atoms. The van der Waals surface area contributed by atoms with Crippen molar-refractivity contribution in [1.82, 2.24) is 14.9 Å². The molecule has 2 N–H and O–H groups in total. The second-order valence-corrected chi connectivity index (χ2v) is 8.62. The summed E-state index contributed by atoms with van der Waals surface area (Å²) in [5, 5.41) is 0.303. The van der Waals surface area contributed by atoms with Crippen molar-refractivity contribution < 1.29 is 23.5 Å². The molecule has 2 aliphatic heterocycles. The molecule has 10 nitrogen and oxygen atoms in total. The van der Waals surface area contributed by atoms with Gasteiger partial charge < -0.3 is 20.3 Å². The van der Waals surface area contributed by atoms with Gasteiger partial charge >= 0.3 is 6.09 Å². The maximum atomic E-state index is 14.9. The molecule has 12 heteroatoms. The van der Waals surface area contributed by atoms with Gasteiger partial charge in [-0.1, -0.05) is 15.9 Å². The summed E-state index contributed by atoms with van der Waals surface area (Å²) in [5.74, 6) is -0.416. The van der Waals surface area contributed by atoms with Gasteiger partial charge in [-0.2, -0.15) is 0 Å². The van der Waals surface area contributed by atoms with Gasteiger partial charge in [0.15, 0.2) is 0 Å². The zero-order chi connectivity index (χ0) is 24.2. The van der Waals surface area contributed by atoms with E-state index in [0.29, 0.717) is 60.7 Å². The van der Waals surface area contributed by atoms with Gasteiger partial charge in [0.1, 0.15) is 11.9 Å². The average molecular weight is 535 g/mol. The lowest BCUT2D eigenvalue weighted by atomic mass is 10.1. The van der Waals surface area contributed by atoms with E-state index in [4.69, 9.17) is 10.5 Å². The second-order valence-electron chi connectivity index (χ2n) is 8.06. The molecule has 3 heterocycles. The highest BCUT2D eigenvalue weighted by Crippen LogP contribution is 2.29. The maximum absolute atomic E-state index is 14.9. The number of rotatable bonds is 7. The minimum absolute atomic E-state index is 0.0539. The molecule has 2 fully saturated rings. The lowest BCUT2D eigenvalue weighted by Gasteiger charge is -2.34. The summed E-state index contributed by atoms with van der Waals surface area (Å²) in [5.41, 5.74) is 6.32. The van der Waals surface area contributed by atoms with Crippen LogP contribution in [0, 0.1) is 5.82 Å². The molecule has 2 saturated heterocycles. The molecule has 1 aromatic heterocycles. The zero-order valence-corrected chi connectivity index (χ0v) is 19.9. The quantitative estimate of drug-likeness (QED) is 0.538. The number of carbonyl (C=O) groups excluding carboxylic acids is 3. The van der Waals surface area contributed by atoms with E-state index in [2.05, 4.69) is 25.9 Å². The Bertz CT molecular complexity index is 1080. The third-order valence-electron chi connectivity index (χ3n) is 5.83. The van der Waals surface area contributed by atoms with Gasteiger partial charge in [0.2, 0.25) is 17.8 Å². The molecular formula is C22H24BrFN6O4. The van der Waals surface area contributed by atoms with Crippen LogP contribution in [-0.2, 0) is 14.3 Å². The number of amides is 3. The summed E-state index contributed by atoms with van der Waals surface area (Å²) in [6.45, 7) is 2.64. The Morgan fingerprint density at radius 2 is 1.88 bits per heavy atom. The molecule has 2 aliphatic rings. The highest BCUT2D eigenvalue weighted by molar-refractivity contribution is 9.09. The van der Waals surface area contributed by atoms with Crippen LogP contribution in [0.5, 0.6) is 0 Å². The van der Waals surface area contributed by atoms with E-state index in [1.165, 1.54) is 11.0 Å². The predicted octanol–water partition coefficient (Wildman–Crippen LogP) is 1.92. The SMILES string of the molecule is NC(=O)CCC1CN(c2ccc(-c3cnc(N4CCN(C(=O)CBr)CC4)nc3)c(F)c2)C(=O)O1. The van der Waals surface area contributed by atoms with Gasteiger partial charge in [-0.25, -0.2) is 19.2 Å². The summed E-state index contributed by atoms with van der Waals surface area (Å²) < 4.78 is 20.2. The van der Waals surface area contributed by atoms with E-state index in [1.807, 2.05) is 4.90 Å². The van der Waals surface area contributed by atoms with Crippen molar-refractivity contribution in [3.05, 3.63) is 36.4 Å². The van der Waals surface area contributed by atoms with Gasteiger partial charge in [-0.05, 0) is 24.6 Å². The Morgan fingerprint density at radius 3 is 2.50 bits per heavy atom. The van der Waals surface area contributed by atoms with Crippen LogP contribution in [0.3, 0.4) is 0 Å². The van der Waals surface area contributed by atoms with Crippen LogP contribution in [0.15, 0.2) is 30.6 Å². The fourth-order valence-electron chi connectivity index (χ4n) is 3.96. The molecule has 1 atom stereocenters. The van der Waals surface area contributed by atoms with Crippen LogP contribution in [0.2, 0.25) is 0 Å². The molecule has 0 radical (unpaired) electrons. The first-order valence-electron chi connectivity index (χ1n) is 10.8. The summed E-state index contributed by atoms with van der Waals surface area (Å²) >= 11 is 3.19. The van der Waals surface area contributed by atoms with Gasteiger partial charge in [-0.3, -0.25) is 14.5 Å². The number of benzene rings is 1. The van der Waals surface area contributed by atoms with Crippen LogP contribution in [0.25, 0.3) is 11.1 Å². The smallest absolute Gasteiger partial charge is 0.414 e. The number of cyclic esters (lactones) is 1. The number of ether oxygens (including phenoxy) is 1. The number of piperazine rings is 1. The van der Waals surface area contributed by atoms with Crippen molar-refractivity contribution in [3.63, 3.8) is 0 Å². The van der Waals surface area contributed by atoms with E-state index in [1.54, 1.807) is 29.4 Å². The number of nitrogens with zero attached hydrogens (tertiary/aromatic N) is 5. The van der Waals surface area contributed by atoms with Crippen molar-refractivity contribution in [3.8, 4) is 11.1 Å². The summed E-state index contributed by atoms with van der Waals surface area (Å²) in [4.78, 5) is 48.8. The number of hydrogen-bond acceptors (Lipinski definition) is 7. The first-order valence-corrected chi connectivity index (χ1v) is 11.9. The Kier molecular flexibility index (Phi) is 7.25. The molecule has 3 amide bonds. The predicted molar refractivity (Wildman–Crippen MR) is 126 cm³/mol. The van der Waals surface area contributed by atoms with E-state index in [9.17, 15) is 18.8 Å². The fourth-order valence-corrected chi connectivity index (χ4v) is 4.31. The molecule has 0 saturated carbocycles. The van der Waals surface area contributed by atoms with Gasteiger partial charge in [0.25, 0.3) is 0 Å². The second kappa shape index (κ2) is 10.3. The van der Waals surface area contributed by atoms with E-state index < -0.39 is 23.9 Å². The number of alkyl halides is 1. The number of nitrogens with two attached hydrogens (primary N) is 1. The third kappa shape index (κ3) is 5.27. The molecule has 0 aliphatic carbocycles. The Hall–Kier alpha value is -3.28. The maximum Gasteiger partial charge on any atom is 0.414 e. The summed E-state index contributed by atoms with van der Waals surface area (Å²) in [7, 11) is 0. The van der Waals surface area contributed by atoms with Crippen molar-refractivity contribution in [1.29, 1.82) is 0 Å². The summed E-state index contributed by atoms with van der Waals surface area (Å²) in [6.07, 6.45) is 2.49. The van der Waals surface area contributed by atoms with Crippen molar-refractivity contribution >= 4 is 45.5 Å². The molecule has 34 heavy (non-hydrogen) atoms. The topological polar surface area (TPSA) is 122 Å². The minimum atomic E-state index is -0.591. The van der Waals surface area contributed by atoms with Crippen molar-refractivity contribution in [2.24, 2.45) is 5.73 Å². The van der Waals surface area contributed by atoms with E-state index in [-0.39, 0.29) is 18.9 Å². The first-order chi connectivity index (χ1) is 16.4. The molecule has 180 valence electrons. The van der Waals surface area contributed by atoms with Crippen LogP contribution >= 0.6 is 15.9 Å². The molecule has 1 unspecified atom stereocenters. The van der Waals surface area contributed by atoms with Gasteiger partial charge in [-0.15, -0.1) is 0 Å². The van der Waals surface area contributed by atoms with Gasteiger partial charge in [0, 0.05) is 56.1 Å². The standard InChI is InChI=1S/C22H24BrFN6O4/c23-10-20(32)28-5-7-29(8-6-28)21-26-11-14(12-27-21)17-3-1-15(9-18(17)24)30-13-16(34-22(30)33)2-4-19(25)31/h1,3,9,11-12,16H,2,4-8,10,13H2,(H2,25,31). The first kappa shape index (κ1) is 23.9. The molecule has 0 spiro atoms. The van der Waals surface area contributed by atoms with E-state index >= 15 is 0 Å². The third-order valence-corrected chi connectivity index (χ3v) is 6.31. The molecule has 2 aromatic rings. The van der Waals surface area contributed by atoms with Crippen LogP contribution in [0.4, 0.5) is 20.8 Å². The number of hydrogen-bond donors (Lipinski definition) is 1. The summed E-state index contributed by atoms with van der Waals surface area (Å²) in [6, 6.07) is 4.46. The number of primary amides is 1. The van der Waals surface area contributed by atoms with Crippen LogP contribution in [-0.4, -0.2) is 76.9 Å². The number of halogens is 2. The normalized spacial score (nSPS) is 18.2. The lowest BCUT2D eigenvalue weighted by molar-refractivity contribution is -0.128. The average Bonchev–Trinajstić information content (AvgIpc) is 3.23. The van der Waals surface area contributed by atoms with Gasteiger partial charge in [0.05, 0.1) is 17.6 Å². The van der Waals surface area contributed by atoms with Crippen LogP contribution < -0.4 is 15.5 Å².